The molecule has 6 heteroatoms. The Morgan fingerprint density at radius 1 is 1.08 bits per heavy atom. The number of amides is 1. The Hall–Kier alpha value is -2.60. The highest BCUT2D eigenvalue weighted by Crippen LogP contribution is 2.33. The van der Waals surface area contributed by atoms with Gasteiger partial charge in [-0.15, -0.1) is 0 Å². The number of benzene rings is 2. The number of hydrogen-bond donors (Lipinski definition) is 2. The van der Waals surface area contributed by atoms with Crippen molar-refractivity contribution in [3.05, 3.63) is 69.7 Å². The van der Waals surface area contributed by atoms with E-state index < -0.39 is 17.7 Å². The van der Waals surface area contributed by atoms with Crippen LogP contribution in [0, 0.1) is 0 Å². The Balaban J connectivity index is 2.07. The zero-order valence-electron chi connectivity index (χ0n) is 12.7. The average molecular weight is 388 g/mol. The number of carbonyl (C=O) groups excluding carboxylic acids is 2. The molecule has 1 aliphatic heterocycles. The molecular weight excluding hydrogens is 374 g/mol. The fourth-order valence-corrected chi connectivity index (χ4v) is 2.84. The van der Waals surface area contributed by atoms with Crippen molar-refractivity contribution in [2.75, 3.05) is 7.11 Å². The summed E-state index contributed by atoms with van der Waals surface area (Å²) in [6, 6.07) is 13.1. The van der Waals surface area contributed by atoms with Crippen molar-refractivity contribution in [3.8, 4) is 5.75 Å². The third-order valence-corrected chi connectivity index (χ3v) is 4.37. The fourth-order valence-electron chi connectivity index (χ4n) is 2.58. The quantitative estimate of drug-likeness (QED) is 0.481. The largest absolute Gasteiger partial charge is 0.507 e. The first-order valence-corrected chi connectivity index (χ1v) is 7.98. The molecule has 0 aromatic heterocycles. The van der Waals surface area contributed by atoms with Crippen LogP contribution in [0.4, 0.5) is 0 Å². The Kier molecular flexibility index (Phi) is 4.40. The van der Waals surface area contributed by atoms with Crippen molar-refractivity contribution in [1.29, 1.82) is 0 Å². The number of ether oxygens (including phenoxy) is 1. The Labute approximate surface area is 147 Å². The highest BCUT2D eigenvalue weighted by molar-refractivity contribution is 9.10. The van der Waals surface area contributed by atoms with Gasteiger partial charge in [-0.05, 0) is 29.8 Å². The van der Waals surface area contributed by atoms with E-state index in [4.69, 9.17) is 4.74 Å². The van der Waals surface area contributed by atoms with Crippen LogP contribution in [0.3, 0.4) is 0 Å². The number of halogens is 1. The number of Topliss-reactive ketones (excluding diaryl/α,β-unsaturated/α-hetero) is 1. The Morgan fingerprint density at radius 3 is 2.29 bits per heavy atom. The third-order valence-electron chi connectivity index (χ3n) is 3.84. The molecule has 1 fully saturated rings. The summed E-state index contributed by atoms with van der Waals surface area (Å²) in [4.78, 5) is 24.1. The van der Waals surface area contributed by atoms with Gasteiger partial charge in [0.1, 0.15) is 11.5 Å². The monoisotopic (exact) mass is 387 g/mol. The molecule has 0 radical (unpaired) electrons. The van der Waals surface area contributed by atoms with Gasteiger partial charge in [-0.1, -0.05) is 40.2 Å². The van der Waals surface area contributed by atoms with E-state index in [1.807, 2.05) is 0 Å². The number of rotatable bonds is 3. The van der Waals surface area contributed by atoms with Crippen LogP contribution in [0.1, 0.15) is 17.2 Å². The third kappa shape index (κ3) is 2.92. The van der Waals surface area contributed by atoms with Gasteiger partial charge < -0.3 is 15.2 Å². The van der Waals surface area contributed by atoms with Gasteiger partial charge in [0.15, 0.2) is 0 Å². The van der Waals surface area contributed by atoms with Crippen molar-refractivity contribution >= 4 is 33.4 Å². The predicted octanol–water partition coefficient (Wildman–Crippen LogP) is 3.17. The smallest absolute Gasteiger partial charge is 0.293 e. The van der Waals surface area contributed by atoms with E-state index in [0.29, 0.717) is 16.9 Å². The first kappa shape index (κ1) is 16.3. The summed E-state index contributed by atoms with van der Waals surface area (Å²) in [6.45, 7) is 0. The first-order valence-electron chi connectivity index (χ1n) is 7.19. The number of hydrogen-bond acceptors (Lipinski definition) is 4. The van der Waals surface area contributed by atoms with E-state index in [1.165, 1.54) is 0 Å². The van der Waals surface area contributed by atoms with Crippen molar-refractivity contribution in [2.24, 2.45) is 0 Å². The van der Waals surface area contributed by atoms with Crippen molar-refractivity contribution in [3.63, 3.8) is 0 Å². The Bertz CT molecular complexity index is 825. The number of carbonyl (C=O) groups is 2. The van der Waals surface area contributed by atoms with Crippen LogP contribution in [0.25, 0.3) is 5.76 Å². The summed E-state index contributed by atoms with van der Waals surface area (Å²) in [7, 11) is 1.56. The zero-order chi connectivity index (χ0) is 17.3. The topological polar surface area (TPSA) is 75.6 Å². The lowest BCUT2D eigenvalue weighted by Gasteiger charge is -2.14. The molecule has 2 N–H and O–H groups in total. The van der Waals surface area contributed by atoms with Crippen LogP contribution in [0.5, 0.6) is 5.75 Å². The lowest BCUT2D eigenvalue weighted by Crippen LogP contribution is -2.21. The van der Waals surface area contributed by atoms with E-state index in [1.54, 1.807) is 55.6 Å². The minimum atomic E-state index is -0.727. The standard InChI is InChI=1S/C18H14BrNO4/c1-24-13-8-4-10(5-9-13)15-14(17(22)18(23)20-15)16(21)11-2-6-12(19)7-3-11/h2-9,15,21H,1H3,(H,20,23)/t15-/m1/s1. The second-order valence-electron chi connectivity index (χ2n) is 5.28. The maximum atomic E-state index is 12.2. The van der Waals surface area contributed by atoms with Crippen LogP contribution >= 0.6 is 15.9 Å². The first-order chi connectivity index (χ1) is 11.5. The lowest BCUT2D eigenvalue weighted by molar-refractivity contribution is -0.133. The molecule has 1 amide bonds. The van der Waals surface area contributed by atoms with Crippen LogP contribution in [-0.4, -0.2) is 23.9 Å². The maximum absolute atomic E-state index is 12.2. The minimum absolute atomic E-state index is 0.0486. The second-order valence-corrected chi connectivity index (χ2v) is 6.19. The van der Waals surface area contributed by atoms with Gasteiger partial charge in [0.25, 0.3) is 11.7 Å². The predicted molar refractivity (Wildman–Crippen MR) is 92.6 cm³/mol. The molecule has 0 spiro atoms. The molecular formula is C18H14BrNO4. The van der Waals surface area contributed by atoms with Crippen LogP contribution in [0.15, 0.2) is 58.6 Å². The summed E-state index contributed by atoms with van der Waals surface area (Å²) in [6.07, 6.45) is 0. The Morgan fingerprint density at radius 2 is 1.71 bits per heavy atom. The fraction of sp³-hybridized carbons (Fsp3) is 0.111. The molecule has 0 saturated carbocycles. The average Bonchev–Trinajstić information content (AvgIpc) is 2.90. The molecule has 3 rings (SSSR count). The molecule has 24 heavy (non-hydrogen) atoms. The number of aliphatic hydroxyl groups excluding tert-OH is 1. The summed E-state index contributed by atoms with van der Waals surface area (Å²) in [5.74, 6) is -0.991. The van der Waals surface area contributed by atoms with Crippen LogP contribution in [-0.2, 0) is 9.59 Å². The van der Waals surface area contributed by atoms with Gasteiger partial charge in [0, 0.05) is 10.0 Å². The summed E-state index contributed by atoms with van der Waals surface area (Å²) in [5.41, 5.74) is 1.21. The highest BCUT2D eigenvalue weighted by atomic mass is 79.9. The second kappa shape index (κ2) is 6.49. The van der Waals surface area contributed by atoms with E-state index in [2.05, 4.69) is 21.2 Å². The zero-order valence-corrected chi connectivity index (χ0v) is 14.3. The van der Waals surface area contributed by atoms with E-state index in [9.17, 15) is 14.7 Å². The molecule has 0 unspecified atom stereocenters. The molecule has 0 aliphatic carbocycles. The van der Waals surface area contributed by atoms with Crippen molar-refractivity contribution in [1.82, 2.24) is 5.32 Å². The normalized spacial score (nSPS) is 19.2. The lowest BCUT2D eigenvalue weighted by atomic mass is 9.96. The minimum Gasteiger partial charge on any atom is -0.507 e. The summed E-state index contributed by atoms with van der Waals surface area (Å²) in [5, 5.41) is 13.2. The highest BCUT2D eigenvalue weighted by Gasteiger charge is 2.39. The molecule has 0 bridgehead atoms. The van der Waals surface area contributed by atoms with Crippen molar-refractivity contribution < 1.29 is 19.4 Å². The van der Waals surface area contributed by atoms with Gasteiger partial charge in [-0.25, -0.2) is 0 Å². The molecule has 122 valence electrons. The summed E-state index contributed by atoms with van der Waals surface area (Å²) < 4.78 is 5.96. The van der Waals surface area contributed by atoms with E-state index >= 15 is 0 Å². The molecule has 2 aromatic rings. The molecule has 1 atom stereocenters. The van der Waals surface area contributed by atoms with Gasteiger partial charge >= 0.3 is 0 Å². The van der Waals surface area contributed by atoms with Gasteiger partial charge in [-0.2, -0.15) is 0 Å². The number of ketones is 1. The van der Waals surface area contributed by atoms with E-state index in [-0.39, 0.29) is 11.3 Å². The van der Waals surface area contributed by atoms with Gasteiger partial charge in [-0.3, -0.25) is 9.59 Å². The SMILES string of the molecule is COc1ccc([C@H]2NC(=O)C(=O)C2=C(O)c2ccc(Br)cc2)cc1. The number of methoxy groups -OCH3 is 1. The number of nitrogens with one attached hydrogen (secondary N) is 1. The van der Waals surface area contributed by atoms with Crippen LogP contribution < -0.4 is 10.1 Å². The van der Waals surface area contributed by atoms with Crippen molar-refractivity contribution in [2.45, 2.75) is 6.04 Å². The molecule has 1 aliphatic rings. The van der Waals surface area contributed by atoms with E-state index in [0.717, 1.165) is 4.47 Å². The molecule has 1 saturated heterocycles. The van der Waals surface area contributed by atoms with Gasteiger partial charge in [0.05, 0.1) is 18.7 Å². The number of aliphatic hydroxyl groups is 1. The summed E-state index contributed by atoms with van der Waals surface area (Å²) >= 11 is 3.32. The van der Waals surface area contributed by atoms with Crippen LogP contribution in [0.2, 0.25) is 0 Å². The molecule has 1 heterocycles. The molecule has 2 aromatic carbocycles. The maximum Gasteiger partial charge on any atom is 0.293 e. The molecule has 5 nitrogen and oxygen atoms in total. The van der Waals surface area contributed by atoms with Gasteiger partial charge in [0.2, 0.25) is 0 Å².